The molecule has 0 radical (unpaired) electrons. The third kappa shape index (κ3) is 3.84. The molecule has 10 heteroatoms. The van der Waals surface area contributed by atoms with Gasteiger partial charge in [-0.15, -0.1) is 0 Å². The number of nitrogens with one attached hydrogen (secondary N) is 1. The number of anilines is 1. The maximum atomic E-state index is 12.8. The van der Waals surface area contributed by atoms with Crippen LogP contribution in [0.4, 0.5) is 18.9 Å². The van der Waals surface area contributed by atoms with Crippen LogP contribution in [-0.4, -0.2) is 20.7 Å². The average Bonchev–Trinajstić information content (AvgIpc) is 3.09. The maximum Gasteiger partial charge on any atom is 0.416 e. The molecule has 5 nitrogen and oxygen atoms in total. The lowest BCUT2D eigenvalue weighted by Gasteiger charge is -2.09. The van der Waals surface area contributed by atoms with Crippen LogP contribution < -0.4 is 5.32 Å². The lowest BCUT2D eigenvalue weighted by molar-refractivity contribution is -0.137. The van der Waals surface area contributed by atoms with Gasteiger partial charge in [0.25, 0.3) is 5.91 Å². The molecule has 0 aliphatic rings. The molecule has 1 amide bonds. The van der Waals surface area contributed by atoms with Gasteiger partial charge in [0.1, 0.15) is 4.88 Å². The van der Waals surface area contributed by atoms with E-state index in [1.54, 1.807) is 20.8 Å². The molecular weight excluding hydrogens is 401 g/mol. The third-order valence-electron chi connectivity index (χ3n) is 3.82. The van der Waals surface area contributed by atoms with Gasteiger partial charge in [-0.3, -0.25) is 4.79 Å². The van der Waals surface area contributed by atoms with Crippen LogP contribution in [0.3, 0.4) is 0 Å². The molecule has 0 spiro atoms. The second-order valence-corrected chi connectivity index (χ2v) is 7.20. The number of rotatable bonds is 3. The Kier molecular flexibility index (Phi) is 5.00. The molecule has 0 atom stereocenters. The van der Waals surface area contributed by atoms with E-state index in [-0.39, 0.29) is 10.6 Å². The van der Waals surface area contributed by atoms with E-state index >= 15 is 0 Å². The van der Waals surface area contributed by atoms with Gasteiger partial charge < -0.3 is 5.32 Å². The number of hydrogen-bond donors (Lipinski definition) is 1. The Morgan fingerprint density at radius 2 is 1.93 bits per heavy atom. The van der Waals surface area contributed by atoms with Crippen LogP contribution in [0.5, 0.6) is 0 Å². The van der Waals surface area contributed by atoms with E-state index in [1.165, 1.54) is 16.8 Å². The summed E-state index contributed by atoms with van der Waals surface area (Å²) < 4.78 is 40.0. The fourth-order valence-corrected chi connectivity index (χ4v) is 3.54. The van der Waals surface area contributed by atoms with Gasteiger partial charge in [0.05, 0.1) is 27.7 Å². The number of aromatic nitrogens is 3. The number of benzene rings is 1. The summed E-state index contributed by atoms with van der Waals surface area (Å²) in [6.45, 7) is 5.18. The summed E-state index contributed by atoms with van der Waals surface area (Å²) in [6.07, 6.45) is -4.48. The molecule has 1 aromatic carbocycles. The summed E-state index contributed by atoms with van der Waals surface area (Å²) in [5, 5.41) is 7.74. The Hall–Kier alpha value is -2.39. The van der Waals surface area contributed by atoms with E-state index in [0.717, 1.165) is 23.5 Å². The van der Waals surface area contributed by atoms with Gasteiger partial charge in [0, 0.05) is 5.69 Å². The summed E-state index contributed by atoms with van der Waals surface area (Å²) in [7, 11) is 0. The molecule has 0 aliphatic carbocycles. The minimum Gasteiger partial charge on any atom is -0.321 e. The number of aryl methyl sites for hydroxylation is 2. The highest BCUT2D eigenvalue weighted by molar-refractivity contribution is 7.16. The largest absolute Gasteiger partial charge is 0.416 e. The van der Waals surface area contributed by atoms with Crippen molar-refractivity contribution in [2.24, 2.45) is 0 Å². The number of hydrogen-bond acceptors (Lipinski definition) is 4. The molecule has 0 saturated heterocycles. The fourth-order valence-electron chi connectivity index (χ4n) is 2.45. The van der Waals surface area contributed by atoms with Crippen molar-refractivity contribution in [1.29, 1.82) is 0 Å². The Morgan fingerprint density at radius 1 is 1.22 bits per heavy atom. The summed E-state index contributed by atoms with van der Waals surface area (Å²) in [6, 6.07) is 4.46. The molecule has 3 rings (SSSR count). The quantitative estimate of drug-likeness (QED) is 0.642. The fraction of sp³-hybridized carbons (Fsp3) is 0.235. The van der Waals surface area contributed by atoms with E-state index < -0.39 is 17.6 Å². The van der Waals surface area contributed by atoms with Crippen LogP contribution in [-0.2, 0) is 6.18 Å². The molecule has 0 fully saturated rings. The number of alkyl halides is 3. The SMILES string of the molecule is Cc1nc(-n2nc(C)c(Cl)c2C)sc1C(=O)Nc1cccc(C(F)(F)F)c1. The molecule has 0 saturated carbocycles. The van der Waals surface area contributed by atoms with Gasteiger partial charge >= 0.3 is 6.18 Å². The van der Waals surface area contributed by atoms with Crippen LogP contribution in [0, 0.1) is 20.8 Å². The molecule has 0 unspecified atom stereocenters. The second kappa shape index (κ2) is 6.97. The number of carbonyl (C=O) groups is 1. The lowest BCUT2D eigenvalue weighted by atomic mass is 10.2. The van der Waals surface area contributed by atoms with Crippen molar-refractivity contribution in [1.82, 2.24) is 14.8 Å². The predicted octanol–water partition coefficient (Wildman–Crippen LogP) is 5.18. The smallest absolute Gasteiger partial charge is 0.321 e. The molecule has 2 heterocycles. The molecular formula is C17H14ClF3N4OS. The first-order chi connectivity index (χ1) is 12.6. The molecule has 1 N–H and O–H groups in total. The topological polar surface area (TPSA) is 59.8 Å². The number of nitrogens with zero attached hydrogens (tertiary/aromatic N) is 3. The van der Waals surface area contributed by atoms with Gasteiger partial charge in [0.2, 0.25) is 5.13 Å². The molecule has 142 valence electrons. The highest BCUT2D eigenvalue weighted by Gasteiger charge is 2.30. The summed E-state index contributed by atoms with van der Waals surface area (Å²) in [5.74, 6) is -0.539. The van der Waals surface area contributed by atoms with Crippen LogP contribution in [0.15, 0.2) is 24.3 Å². The average molecular weight is 415 g/mol. The van der Waals surface area contributed by atoms with E-state index in [9.17, 15) is 18.0 Å². The minimum absolute atomic E-state index is 0.0540. The van der Waals surface area contributed by atoms with Crippen LogP contribution in [0.25, 0.3) is 5.13 Å². The number of thiazole rings is 1. The Morgan fingerprint density at radius 3 is 2.52 bits per heavy atom. The van der Waals surface area contributed by atoms with Gasteiger partial charge in [-0.25, -0.2) is 9.67 Å². The second-order valence-electron chi connectivity index (χ2n) is 5.84. The van der Waals surface area contributed by atoms with Gasteiger partial charge in [-0.05, 0) is 39.0 Å². The van der Waals surface area contributed by atoms with Crippen molar-refractivity contribution >= 4 is 34.5 Å². The molecule has 2 aromatic heterocycles. The molecule has 3 aromatic rings. The van der Waals surface area contributed by atoms with E-state index in [1.807, 2.05) is 0 Å². The minimum atomic E-state index is -4.48. The van der Waals surface area contributed by atoms with Crippen LogP contribution >= 0.6 is 22.9 Å². The monoisotopic (exact) mass is 414 g/mol. The summed E-state index contributed by atoms with van der Waals surface area (Å²) >= 11 is 7.22. The zero-order valence-electron chi connectivity index (χ0n) is 14.5. The first-order valence-electron chi connectivity index (χ1n) is 7.76. The van der Waals surface area contributed by atoms with Crippen LogP contribution in [0.1, 0.15) is 32.3 Å². The number of halogens is 4. The summed E-state index contributed by atoms with van der Waals surface area (Å²) in [4.78, 5) is 17.1. The first kappa shape index (κ1) is 19.4. The van der Waals surface area contributed by atoms with Crippen molar-refractivity contribution < 1.29 is 18.0 Å². The molecule has 0 aliphatic heterocycles. The van der Waals surface area contributed by atoms with Crippen molar-refractivity contribution in [3.8, 4) is 5.13 Å². The van der Waals surface area contributed by atoms with Crippen molar-refractivity contribution in [2.75, 3.05) is 5.32 Å². The molecule has 27 heavy (non-hydrogen) atoms. The zero-order valence-corrected chi connectivity index (χ0v) is 16.1. The van der Waals surface area contributed by atoms with E-state index in [4.69, 9.17) is 11.6 Å². The van der Waals surface area contributed by atoms with E-state index in [0.29, 0.717) is 27.2 Å². The first-order valence-corrected chi connectivity index (χ1v) is 8.95. The van der Waals surface area contributed by atoms with Crippen molar-refractivity contribution in [3.63, 3.8) is 0 Å². The van der Waals surface area contributed by atoms with Gasteiger partial charge in [0.15, 0.2) is 0 Å². The standard InChI is InChI=1S/C17H14ClF3N4OS/c1-8-13(18)10(3)25(24-8)16-22-9(2)14(27-16)15(26)23-12-6-4-5-11(7-12)17(19,20)21/h4-7H,1-3H3,(H,23,26). The van der Waals surface area contributed by atoms with Crippen LogP contribution in [0.2, 0.25) is 5.02 Å². The zero-order chi connectivity index (χ0) is 19.9. The Bertz CT molecular complexity index is 1030. The third-order valence-corrected chi connectivity index (χ3v) is 5.50. The predicted molar refractivity (Wildman–Crippen MR) is 97.9 cm³/mol. The van der Waals surface area contributed by atoms with Gasteiger partial charge in [-0.2, -0.15) is 18.3 Å². The van der Waals surface area contributed by atoms with Crippen molar-refractivity contribution in [3.05, 3.63) is 56.8 Å². The Labute approximate surface area is 161 Å². The summed E-state index contributed by atoms with van der Waals surface area (Å²) in [5.41, 5.74) is 0.991. The van der Waals surface area contributed by atoms with E-state index in [2.05, 4.69) is 15.4 Å². The highest BCUT2D eigenvalue weighted by Crippen LogP contribution is 2.31. The number of amides is 1. The van der Waals surface area contributed by atoms with Gasteiger partial charge in [-0.1, -0.05) is 29.0 Å². The Balaban J connectivity index is 1.88. The number of carbonyl (C=O) groups excluding carboxylic acids is 1. The highest BCUT2D eigenvalue weighted by atomic mass is 35.5. The van der Waals surface area contributed by atoms with Crippen molar-refractivity contribution in [2.45, 2.75) is 26.9 Å². The molecule has 0 bridgehead atoms. The maximum absolute atomic E-state index is 12.8. The normalized spacial score (nSPS) is 11.7. The lowest BCUT2D eigenvalue weighted by Crippen LogP contribution is -2.13.